The summed E-state index contributed by atoms with van der Waals surface area (Å²) in [6, 6.07) is 0. The van der Waals surface area contributed by atoms with Gasteiger partial charge in [0.1, 0.15) is 24.4 Å². The van der Waals surface area contributed by atoms with Crippen LogP contribution in [0, 0.1) is 8.98 Å². The van der Waals surface area contributed by atoms with Crippen LogP contribution >= 0.6 is 22.6 Å². The number of nitrogens with zero attached hydrogens (tertiary/aromatic N) is 3. The van der Waals surface area contributed by atoms with E-state index in [2.05, 4.69) is 9.97 Å². The summed E-state index contributed by atoms with van der Waals surface area (Å²) in [5.74, 6) is 0.378. The van der Waals surface area contributed by atoms with E-state index in [1.807, 2.05) is 22.6 Å². The van der Waals surface area contributed by atoms with E-state index in [9.17, 15) is 9.50 Å². The molecular formula is C11H15FIN5O3. The Bertz CT molecular complexity index is 547. The molecule has 0 aromatic carbocycles. The van der Waals surface area contributed by atoms with Crippen LogP contribution in [0.5, 0.6) is 0 Å². The van der Waals surface area contributed by atoms with Gasteiger partial charge in [-0.15, -0.1) is 0 Å². The van der Waals surface area contributed by atoms with Crippen LogP contribution in [0.15, 0.2) is 6.33 Å². The van der Waals surface area contributed by atoms with Crippen LogP contribution in [0.3, 0.4) is 0 Å². The second-order valence-electron chi connectivity index (χ2n) is 4.74. The minimum absolute atomic E-state index is 0.185. The summed E-state index contributed by atoms with van der Waals surface area (Å²) in [6.07, 6.45) is -1.90. The molecule has 116 valence electrons. The third kappa shape index (κ3) is 2.67. The Labute approximate surface area is 133 Å². The first kappa shape index (κ1) is 16.3. The molecule has 0 saturated carbocycles. The monoisotopic (exact) mass is 411 g/mol. The first-order valence-corrected chi connectivity index (χ1v) is 7.10. The number of hydrogen-bond donors (Lipinski definition) is 4. The van der Waals surface area contributed by atoms with Gasteiger partial charge in [-0.05, 0) is 29.5 Å². The van der Waals surface area contributed by atoms with E-state index < -0.39 is 30.7 Å². The number of anilines is 2. The fraction of sp³-hybridized carbons (Fsp3) is 0.545. The Morgan fingerprint density at radius 3 is 2.86 bits per heavy atom. The lowest BCUT2D eigenvalue weighted by molar-refractivity contribution is -0.0192. The smallest absolute Gasteiger partial charge is 0.181 e. The van der Waals surface area contributed by atoms with Crippen LogP contribution in [0.1, 0.15) is 6.92 Å². The molecule has 1 aromatic rings. The Balaban J connectivity index is 2.42. The number of ether oxygens (including phenoxy) is 1. The molecule has 10 heteroatoms. The van der Waals surface area contributed by atoms with Crippen molar-refractivity contribution in [2.45, 2.75) is 31.0 Å². The Hall–Kier alpha value is -1.11. The Morgan fingerprint density at radius 1 is 1.67 bits per heavy atom. The van der Waals surface area contributed by atoms with Crippen LogP contribution in [-0.4, -0.2) is 57.2 Å². The number of halogens is 2. The Morgan fingerprint density at radius 2 is 2.33 bits per heavy atom. The van der Waals surface area contributed by atoms with Crippen LogP contribution in [0.4, 0.5) is 16.0 Å². The molecule has 8 nitrogen and oxygen atoms in total. The van der Waals surface area contributed by atoms with E-state index in [1.54, 1.807) is 0 Å². The van der Waals surface area contributed by atoms with Gasteiger partial charge in [0.05, 0.1) is 16.5 Å². The molecular weight excluding hydrogens is 396 g/mol. The van der Waals surface area contributed by atoms with E-state index in [4.69, 9.17) is 21.0 Å². The van der Waals surface area contributed by atoms with E-state index >= 15 is 0 Å². The number of aromatic nitrogens is 2. The highest BCUT2D eigenvalue weighted by molar-refractivity contribution is 14.1. The highest BCUT2D eigenvalue weighted by atomic mass is 127. The SMILES string of the molecule is C[C@@]1(F)[C@H](O)[C@@H](CO)O[C@H]1N(C=N)c1ncnc(N)c1I. The largest absolute Gasteiger partial charge is 0.394 e. The molecule has 0 radical (unpaired) electrons. The molecule has 5 N–H and O–H groups in total. The molecule has 21 heavy (non-hydrogen) atoms. The third-order valence-corrected chi connectivity index (χ3v) is 4.37. The minimum Gasteiger partial charge on any atom is -0.394 e. The molecule has 2 heterocycles. The number of aliphatic hydroxyl groups is 2. The molecule has 1 aromatic heterocycles. The number of aliphatic hydroxyl groups excluding tert-OH is 2. The standard InChI is InChI=1S/C11H15FIN5O3/c1-11(12)7(20)5(2-19)21-10(11)18(3-14)9-6(13)8(15)16-4-17-9/h3-5,7,10,14,19-20H,2H2,1H3,(H2,15,16,17)/t5-,7-,10-,11-/m1/s1. The van der Waals surface area contributed by atoms with Gasteiger partial charge < -0.3 is 20.7 Å². The number of nitrogens with one attached hydrogen (secondary N) is 1. The summed E-state index contributed by atoms with van der Waals surface area (Å²) >= 11 is 1.88. The maximum Gasteiger partial charge on any atom is 0.181 e. The summed E-state index contributed by atoms with van der Waals surface area (Å²) in [7, 11) is 0. The summed E-state index contributed by atoms with van der Waals surface area (Å²) < 4.78 is 20.5. The molecule has 0 bridgehead atoms. The van der Waals surface area contributed by atoms with E-state index in [0.29, 0.717) is 3.57 Å². The molecule has 1 aliphatic rings. The first-order valence-electron chi connectivity index (χ1n) is 6.02. The van der Waals surface area contributed by atoms with Gasteiger partial charge >= 0.3 is 0 Å². The fourth-order valence-electron chi connectivity index (χ4n) is 2.16. The number of hydrogen-bond acceptors (Lipinski definition) is 7. The van der Waals surface area contributed by atoms with E-state index in [0.717, 1.165) is 18.2 Å². The zero-order chi connectivity index (χ0) is 15.8. The van der Waals surface area contributed by atoms with Gasteiger partial charge in [-0.2, -0.15) is 0 Å². The zero-order valence-corrected chi connectivity index (χ0v) is 13.2. The Kier molecular flexibility index (Phi) is 4.60. The van der Waals surface area contributed by atoms with E-state index in [1.165, 1.54) is 6.33 Å². The topological polar surface area (TPSA) is 129 Å². The molecule has 0 spiro atoms. The zero-order valence-electron chi connectivity index (χ0n) is 11.1. The highest BCUT2D eigenvalue weighted by Crippen LogP contribution is 2.38. The van der Waals surface area contributed by atoms with Crippen molar-refractivity contribution in [2.75, 3.05) is 17.2 Å². The van der Waals surface area contributed by atoms with Gasteiger partial charge in [-0.1, -0.05) is 0 Å². The van der Waals surface area contributed by atoms with Crippen molar-refractivity contribution in [3.8, 4) is 0 Å². The first-order chi connectivity index (χ1) is 9.84. The van der Waals surface area contributed by atoms with Gasteiger partial charge in [0.25, 0.3) is 0 Å². The van der Waals surface area contributed by atoms with Crippen molar-refractivity contribution < 1.29 is 19.3 Å². The van der Waals surface area contributed by atoms with Crippen LogP contribution in [-0.2, 0) is 4.74 Å². The second-order valence-corrected chi connectivity index (χ2v) is 5.82. The molecule has 0 amide bonds. The minimum atomic E-state index is -2.20. The summed E-state index contributed by atoms with van der Waals surface area (Å²) in [4.78, 5) is 8.89. The van der Waals surface area contributed by atoms with Crippen molar-refractivity contribution in [1.82, 2.24) is 9.97 Å². The van der Waals surface area contributed by atoms with Gasteiger partial charge in [0, 0.05) is 0 Å². The molecule has 0 aliphatic carbocycles. The summed E-state index contributed by atoms with van der Waals surface area (Å²) in [5.41, 5.74) is 3.48. The predicted octanol–water partition coefficient (Wildman–Crippen LogP) is -0.117. The van der Waals surface area contributed by atoms with Crippen LogP contribution < -0.4 is 10.6 Å². The van der Waals surface area contributed by atoms with E-state index in [-0.39, 0.29) is 11.6 Å². The van der Waals surface area contributed by atoms with Gasteiger partial charge in [-0.25, -0.2) is 14.4 Å². The predicted molar refractivity (Wildman–Crippen MR) is 81.7 cm³/mol. The number of nitrogens with two attached hydrogens (primary N) is 1. The number of nitrogen functional groups attached to an aromatic ring is 1. The summed E-state index contributed by atoms with van der Waals surface area (Å²) in [5, 5.41) is 26.5. The van der Waals surface area contributed by atoms with Gasteiger partial charge in [0.15, 0.2) is 17.7 Å². The lowest BCUT2D eigenvalue weighted by Gasteiger charge is -2.32. The van der Waals surface area contributed by atoms with Gasteiger partial charge in [0.2, 0.25) is 0 Å². The second kappa shape index (κ2) is 5.94. The van der Waals surface area contributed by atoms with Crippen molar-refractivity contribution in [3.63, 3.8) is 0 Å². The fourth-order valence-corrected chi connectivity index (χ4v) is 2.71. The average molecular weight is 411 g/mol. The normalized spacial score (nSPS) is 32.1. The van der Waals surface area contributed by atoms with Crippen LogP contribution in [0.2, 0.25) is 0 Å². The van der Waals surface area contributed by atoms with Crippen molar-refractivity contribution in [2.24, 2.45) is 0 Å². The number of alkyl halides is 1. The summed E-state index contributed by atoms with van der Waals surface area (Å²) in [6.45, 7) is 0.609. The molecule has 2 rings (SSSR count). The highest BCUT2D eigenvalue weighted by Gasteiger charge is 2.56. The lowest BCUT2D eigenvalue weighted by Crippen LogP contribution is -2.50. The van der Waals surface area contributed by atoms with Gasteiger partial charge in [-0.3, -0.25) is 10.3 Å². The third-order valence-electron chi connectivity index (χ3n) is 3.33. The maximum atomic E-state index is 14.8. The van der Waals surface area contributed by atoms with Crippen molar-refractivity contribution in [1.29, 1.82) is 5.41 Å². The molecule has 0 unspecified atom stereocenters. The number of rotatable bonds is 4. The molecule has 1 saturated heterocycles. The molecule has 4 atom stereocenters. The lowest BCUT2D eigenvalue weighted by atomic mass is 9.98. The molecule has 1 fully saturated rings. The van der Waals surface area contributed by atoms with Crippen molar-refractivity contribution >= 4 is 40.6 Å². The average Bonchev–Trinajstić information content (AvgIpc) is 2.67. The van der Waals surface area contributed by atoms with Crippen molar-refractivity contribution in [3.05, 3.63) is 9.90 Å². The van der Waals surface area contributed by atoms with Crippen LogP contribution in [0.25, 0.3) is 0 Å². The maximum absolute atomic E-state index is 14.8. The quantitative estimate of drug-likeness (QED) is 0.309. The molecule has 1 aliphatic heterocycles.